The van der Waals surface area contributed by atoms with Crippen LogP contribution < -0.4 is 9.86 Å². The largest absolute Gasteiger partial charge is 0.296 e. The van der Waals surface area contributed by atoms with Crippen molar-refractivity contribution in [3.05, 3.63) is 81.0 Å². The zero-order valence-corrected chi connectivity index (χ0v) is 17.8. The van der Waals surface area contributed by atoms with Crippen LogP contribution in [-0.4, -0.2) is 23.5 Å². The molecule has 0 saturated carbocycles. The van der Waals surface area contributed by atoms with Gasteiger partial charge in [0.1, 0.15) is 11.5 Å². The van der Waals surface area contributed by atoms with Crippen molar-refractivity contribution >= 4 is 27.3 Å². The molecule has 0 N–H and O–H groups in total. The molecule has 3 aromatic rings. The number of aromatic nitrogens is 2. The summed E-state index contributed by atoms with van der Waals surface area (Å²) in [4.78, 5) is 13.3. The molecule has 0 bridgehead atoms. The molecule has 3 rings (SSSR count). The molecule has 0 amide bonds. The smallest absolute Gasteiger partial charge is 0.283 e. The minimum Gasteiger partial charge on any atom is -0.283 e. The Bertz CT molecular complexity index is 1180. The van der Waals surface area contributed by atoms with E-state index in [1.54, 1.807) is 42.9 Å². The average molecular weight is 438 g/mol. The van der Waals surface area contributed by atoms with Crippen LogP contribution in [0.1, 0.15) is 18.2 Å². The van der Waals surface area contributed by atoms with Crippen LogP contribution in [-0.2, 0) is 23.6 Å². The van der Waals surface area contributed by atoms with Crippen LogP contribution in [0.5, 0.6) is 0 Å². The summed E-state index contributed by atoms with van der Waals surface area (Å²) in [5.74, 6) is -0.885. The summed E-state index contributed by atoms with van der Waals surface area (Å²) >= 11 is 6.12. The van der Waals surface area contributed by atoms with Crippen LogP contribution in [0.4, 0.5) is 10.1 Å². The zero-order valence-electron chi connectivity index (χ0n) is 16.3. The van der Waals surface area contributed by atoms with Gasteiger partial charge in [-0.15, -0.1) is 0 Å². The predicted molar refractivity (Wildman–Crippen MR) is 113 cm³/mol. The van der Waals surface area contributed by atoms with Gasteiger partial charge in [-0.1, -0.05) is 35.9 Å². The number of halogens is 2. The van der Waals surface area contributed by atoms with E-state index in [2.05, 4.69) is 0 Å². The van der Waals surface area contributed by atoms with Crippen LogP contribution >= 0.6 is 11.6 Å². The quantitative estimate of drug-likeness (QED) is 0.591. The maximum Gasteiger partial charge on any atom is 0.296 e. The Morgan fingerprint density at radius 1 is 1.10 bits per heavy atom. The molecular weight excluding hydrogens is 417 g/mol. The fourth-order valence-electron chi connectivity index (χ4n) is 3.14. The number of hydrogen-bond acceptors (Lipinski definition) is 3. The van der Waals surface area contributed by atoms with Crippen molar-refractivity contribution in [3.63, 3.8) is 0 Å². The number of rotatable bonds is 6. The first-order valence-corrected chi connectivity index (χ1v) is 10.9. The second kappa shape index (κ2) is 8.04. The van der Waals surface area contributed by atoms with Gasteiger partial charge >= 0.3 is 0 Å². The zero-order chi connectivity index (χ0) is 21.3. The number of para-hydroxylation sites is 1. The van der Waals surface area contributed by atoms with E-state index in [1.807, 2.05) is 6.07 Å². The Labute approximate surface area is 173 Å². The summed E-state index contributed by atoms with van der Waals surface area (Å²) in [7, 11) is -2.23. The lowest BCUT2D eigenvalue weighted by molar-refractivity contribution is 0.586. The summed E-state index contributed by atoms with van der Waals surface area (Å²) in [6.45, 7) is 2.74. The highest BCUT2D eigenvalue weighted by Gasteiger charge is 2.30. The van der Waals surface area contributed by atoms with E-state index in [0.29, 0.717) is 11.4 Å². The molecule has 9 heteroatoms. The molecule has 0 fully saturated rings. The molecular formula is C20H21ClFN3O3S. The summed E-state index contributed by atoms with van der Waals surface area (Å²) in [6.07, 6.45) is 0. The van der Waals surface area contributed by atoms with E-state index in [1.165, 1.54) is 29.8 Å². The number of benzene rings is 2. The maximum atomic E-state index is 14.4. The van der Waals surface area contributed by atoms with E-state index in [4.69, 9.17) is 11.6 Å². The minimum absolute atomic E-state index is 0.0140. The molecule has 2 aromatic carbocycles. The molecule has 0 atom stereocenters. The lowest BCUT2D eigenvalue weighted by atomic mass is 10.2. The van der Waals surface area contributed by atoms with Gasteiger partial charge in [0.2, 0.25) is 10.0 Å². The van der Waals surface area contributed by atoms with E-state index < -0.39 is 21.4 Å². The first-order chi connectivity index (χ1) is 13.7. The topological polar surface area (TPSA) is 64.3 Å². The molecule has 0 spiro atoms. The second-order valence-electron chi connectivity index (χ2n) is 6.52. The van der Waals surface area contributed by atoms with Gasteiger partial charge in [-0.3, -0.25) is 13.8 Å². The van der Waals surface area contributed by atoms with Crippen LogP contribution in [0.3, 0.4) is 0 Å². The molecule has 1 aromatic heterocycles. The van der Waals surface area contributed by atoms with Gasteiger partial charge in [-0.2, -0.15) is 0 Å². The summed E-state index contributed by atoms with van der Waals surface area (Å²) in [5, 5.41) is 0.0956. The van der Waals surface area contributed by atoms with Crippen LogP contribution in [0.25, 0.3) is 5.69 Å². The molecule has 29 heavy (non-hydrogen) atoms. The highest BCUT2D eigenvalue weighted by Crippen LogP contribution is 2.27. The summed E-state index contributed by atoms with van der Waals surface area (Å²) < 4.78 is 44.1. The number of anilines is 1. The monoisotopic (exact) mass is 437 g/mol. The third-order valence-electron chi connectivity index (χ3n) is 4.84. The van der Waals surface area contributed by atoms with Gasteiger partial charge in [0.15, 0.2) is 0 Å². The van der Waals surface area contributed by atoms with Crippen molar-refractivity contribution in [2.45, 2.75) is 20.4 Å². The van der Waals surface area contributed by atoms with Gasteiger partial charge in [0, 0.05) is 17.6 Å². The van der Waals surface area contributed by atoms with E-state index in [-0.39, 0.29) is 28.6 Å². The summed E-state index contributed by atoms with van der Waals surface area (Å²) in [5.41, 5.74) is 0.494. The molecule has 0 radical (unpaired) electrons. The molecule has 0 aliphatic heterocycles. The number of nitrogens with zero attached hydrogens (tertiary/aromatic N) is 3. The minimum atomic E-state index is -3.89. The van der Waals surface area contributed by atoms with Gasteiger partial charge < -0.3 is 0 Å². The molecule has 1 heterocycles. The summed E-state index contributed by atoms with van der Waals surface area (Å²) in [6, 6.07) is 13.0. The lowest BCUT2D eigenvalue weighted by Crippen LogP contribution is -2.36. The van der Waals surface area contributed by atoms with Crippen LogP contribution in [0, 0.1) is 12.7 Å². The van der Waals surface area contributed by atoms with Gasteiger partial charge in [0.05, 0.1) is 23.7 Å². The van der Waals surface area contributed by atoms with Crippen LogP contribution in [0.2, 0.25) is 5.02 Å². The Morgan fingerprint density at radius 2 is 1.76 bits per heavy atom. The Balaban J connectivity index is 2.25. The Morgan fingerprint density at radius 3 is 2.34 bits per heavy atom. The fourth-order valence-corrected chi connectivity index (χ4v) is 4.49. The molecule has 0 aliphatic rings. The van der Waals surface area contributed by atoms with Crippen molar-refractivity contribution in [3.8, 4) is 5.69 Å². The average Bonchev–Trinajstić information content (AvgIpc) is 2.91. The molecule has 6 nitrogen and oxygen atoms in total. The van der Waals surface area contributed by atoms with Crippen molar-refractivity contribution in [1.29, 1.82) is 0 Å². The number of sulfonamides is 1. The first kappa shape index (κ1) is 21.1. The Hall–Kier alpha value is -2.58. The van der Waals surface area contributed by atoms with Crippen molar-refractivity contribution in [2.75, 3.05) is 10.1 Å². The van der Waals surface area contributed by atoms with Crippen LogP contribution in [0.15, 0.2) is 53.3 Å². The van der Waals surface area contributed by atoms with Crippen molar-refractivity contribution in [2.24, 2.45) is 7.05 Å². The third-order valence-corrected chi connectivity index (χ3v) is 6.90. The Kier molecular flexibility index (Phi) is 5.86. The molecule has 0 saturated heterocycles. The van der Waals surface area contributed by atoms with Crippen molar-refractivity contribution in [1.82, 2.24) is 9.36 Å². The van der Waals surface area contributed by atoms with Gasteiger partial charge in [0.25, 0.3) is 5.56 Å². The van der Waals surface area contributed by atoms with Gasteiger partial charge in [-0.25, -0.2) is 17.5 Å². The van der Waals surface area contributed by atoms with Gasteiger partial charge in [-0.05, 0) is 38.1 Å². The van der Waals surface area contributed by atoms with E-state index in [9.17, 15) is 17.6 Å². The molecule has 0 unspecified atom stereocenters. The fraction of sp³-hybridized carbons (Fsp3) is 0.250. The highest BCUT2D eigenvalue weighted by atomic mass is 35.5. The third kappa shape index (κ3) is 3.82. The second-order valence-corrected chi connectivity index (χ2v) is 9.11. The highest BCUT2D eigenvalue weighted by molar-refractivity contribution is 7.92. The molecule has 0 aliphatic carbocycles. The van der Waals surface area contributed by atoms with E-state index >= 15 is 0 Å². The van der Waals surface area contributed by atoms with E-state index in [0.717, 1.165) is 4.31 Å². The van der Waals surface area contributed by atoms with Crippen molar-refractivity contribution < 1.29 is 12.8 Å². The SMILES string of the molecule is CCS(=O)(=O)N(Cc1c(F)cccc1Cl)c1c(C)n(C)n(-c2ccccc2)c1=O. The maximum absolute atomic E-state index is 14.4. The lowest BCUT2D eigenvalue weighted by Gasteiger charge is -2.23. The number of hydrogen-bond donors (Lipinski definition) is 0. The normalized spacial score (nSPS) is 11.6. The standard InChI is InChI=1S/C20H21ClFN3O3S/c1-4-29(27,28)24(13-16-17(21)11-8-12-18(16)22)19-14(2)23(3)25(20(19)26)15-9-6-5-7-10-15/h5-12H,4,13H2,1-3H3. The predicted octanol–water partition coefficient (Wildman–Crippen LogP) is 3.63. The molecule has 154 valence electrons. The first-order valence-electron chi connectivity index (χ1n) is 8.96.